The van der Waals surface area contributed by atoms with Crippen molar-refractivity contribution in [2.75, 3.05) is 6.54 Å². The molecule has 0 saturated heterocycles. The van der Waals surface area contributed by atoms with Crippen LogP contribution in [0.15, 0.2) is 53.9 Å². The molecule has 0 aliphatic rings. The normalized spacial score (nSPS) is 12.3. The molecule has 0 fully saturated rings. The minimum absolute atomic E-state index is 0.144. The molecule has 0 saturated carbocycles. The molecule has 2 aromatic carbocycles. The van der Waals surface area contributed by atoms with Gasteiger partial charge in [0.2, 0.25) is 0 Å². The Hall–Kier alpha value is -1.88. The summed E-state index contributed by atoms with van der Waals surface area (Å²) < 4.78 is 1.12. The zero-order valence-corrected chi connectivity index (χ0v) is 13.2. The highest BCUT2D eigenvalue weighted by Gasteiger charge is 2.15. The number of amides is 1. The van der Waals surface area contributed by atoms with E-state index in [-0.39, 0.29) is 12.5 Å². The summed E-state index contributed by atoms with van der Waals surface area (Å²) in [6.07, 6.45) is -0.748. The molecule has 0 aliphatic carbocycles. The Kier molecular flexibility index (Phi) is 4.43. The third-order valence-electron chi connectivity index (χ3n) is 3.44. The molecule has 0 spiro atoms. The van der Waals surface area contributed by atoms with Gasteiger partial charge < -0.3 is 10.4 Å². The summed E-state index contributed by atoms with van der Waals surface area (Å²) in [5.41, 5.74) is 1.24. The van der Waals surface area contributed by atoms with E-state index in [9.17, 15) is 9.90 Å². The maximum atomic E-state index is 12.1. The third-order valence-corrected chi connectivity index (χ3v) is 4.76. The van der Waals surface area contributed by atoms with Crippen LogP contribution in [0.3, 0.4) is 0 Å². The summed E-state index contributed by atoms with van der Waals surface area (Å²) in [7, 11) is 0. The smallest absolute Gasteiger partial charge is 0.252 e. The van der Waals surface area contributed by atoms with Gasteiger partial charge in [-0.05, 0) is 29.0 Å². The second-order valence-corrected chi connectivity index (χ2v) is 6.21. The Bertz CT molecular complexity index is 815. The van der Waals surface area contributed by atoms with Gasteiger partial charge in [0.05, 0.1) is 16.7 Å². The number of halogens is 1. The molecule has 3 nitrogen and oxygen atoms in total. The van der Waals surface area contributed by atoms with Crippen LogP contribution in [0.1, 0.15) is 22.0 Å². The van der Waals surface area contributed by atoms with Crippen LogP contribution in [0, 0.1) is 0 Å². The second kappa shape index (κ2) is 6.48. The first-order valence-electron chi connectivity index (χ1n) is 6.83. The van der Waals surface area contributed by atoms with Crippen LogP contribution in [0.25, 0.3) is 10.1 Å². The Labute approximate surface area is 137 Å². The highest BCUT2D eigenvalue weighted by molar-refractivity contribution is 7.17. The van der Waals surface area contributed by atoms with Crippen molar-refractivity contribution in [3.63, 3.8) is 0 Å². The lowest BCUT2D eigenvalue weighted by Crippen LogP contribution is -2.28. The van der Waals surface area contributed by atoms with Crippen molar-refractivity contribution in [1.82, 2.24) is 5.32 Å². The molecule has 1 aromatic heterocycles. The quantitative estimate of drug-likeness (QED) is 0.758. The largest absolute Gasteiger partial charge is 0.387 e. The van der Waals surface area contributed by atoms with Gasteiger partial charge in [0.25, 0.3) is 5.91 Å². The van der Waals surface area contributed by atoms with E-state index < -0.39 is 6.10 Å². The van der Waals surface area contributed by atoms with E-state index in [1.54, 1.807) is 35.6 Å². The monoisotopic (exact) mass is 331 g/mol. The van der Waals surface area contributed by atoms with Crippen molar-refractivity contribution >= 4 is 38.9 Å². The number of aliphatic hydroxyl groups excluding tert-OH is 1. The number of nitrogens with one attached hydrogen (secondary N) is 1. The highest BCUT2D eigenvalue weighted by atomic mass is 35.5. The molecule has 2 N–H and O–H groups in total. The first-order chi connectivity index (χ1) is 10.7. The van der Waals surface area contributed by atoms with Crippen molar-refractivity contribution in [2.24, 2.45) is 0 Å². The third kappa shape index (κ3) is 2.99. The lowest BCUT2D eigenvalue weighted by Gasteiger charge is -2.12. The Morgan fingerprint density at radius 2 is 1.91 bits per heavy atom. The summed E-state index contributed by atoms with van der Waals surface area (Å²) >= 11 is 7.57. The average Bonchev–Trinajstić information content (AvgIpc) is 2.97. The van der Waals surface area contributed by atoms with Crippen LogP contribution >= 0.6 is 22.9 Å². The molecule has 3 aromatic rings. The molecule has 1 atom stereocenters. The maximum absolute atomic E-state index is 12.1. The SMILES string of the molecule is O=C(NC[C@H](O)c1csc2ccccc12)c1ccccc1Cl. The molecule has 22 heavy (non-hydrogen) atoms. The fraction of sp³-hybridized carbons (Fsp3) is 0.118. The van der Waals surface area contributed by atoms with Gasteiger partial charge in [0, 0.05) is 16.8 Å². The van der Waals surface area contributed by atoms with Crippen molar-refractivity contribution in [3.05, 3.63) is 70.1 Å². The number of carbonyl (C=O) groups excluding carboxylic acids is 1. The number of rotatable bonds is 4. The first-order valence-corrected chi connectivity index (χ1v) is 8.09. The van der Waals surface area contributed by atoms with Crippen molar-refractivity contribution < 1.29 is 9.90 Å². The predicted octanol–water partition coefficient (Wildman–Crippen LogP) is 4.02. The Morgan fingerprint density at radius 1 is 1.18 bits per heavy atom. The molecular formula is C17H14ClNO2S. The van der Waals surface area contributed by atoms with Crippen LogP contribution in [-0.4, -0.2) is 17.6 Å². The number of benzene rings is 2. The molecule has 3 rings (SSSR count). The van der Waals surface area contributed by atoms with Crippen LogP contribution in [0.5, 0.6) is 0 Å². The van der Waals surface area contributed by atoms with Crippen molar-refractivity contribution in [1.29, 1.82) is 0 Å². The molecule has 1 amide bonds. The summed E-state index contributed by atoms with van der Waals surface area (Å²) in [4.78, 5) is 12.1. The number of hydrogen-bond acceptors (Lipinski definition) is 3. The van der Waals surface area contributed by atoms with Gasteiger partial charge in [-0.15, -0.1) is 11.3 Å². The van der Waals surface area contributed by atoms with Crippen LogP contribution in [0.2, 0.25) is 5.02 Å². The number of aliphatic hydroxyl groups is 1. The van der Waals surface area contributed by atoms with Gasteiger partial charge in [-0.25, -0.2) is 0 Å². The van der Waals surface area contributed by atoms with E-state index in [1.165, 1.54) is 0 Å². The Balaban J connectivity index is 1.71. The highest BCUT2D eigenvalue weighted by Crippen LogP contribution is 2.29. The fourth-order valence-corrected chi connectivity index (χ4v) is 3.53. The minimum Gasteiger partial charge on any atom is -0.387 e. The van der Waals surface area contributed by atoms with Crippen molar-refractivity contribution in [3.8, 4) is 0 Å². The van der Waals surface area contributed by atoms with Crippen molar-refractivity contribution in [2.45, 2.75) is 6.10 Å². The summed E-state index contributed by atoms with van der Waals surface area (Å²) in [5.74, 6) is -0.288. The summed E-state index contributed by atoms with van der Waals surface area (Å²) in [5, 5.41) is 16.4. The molecule has 0 radical (unpaired) electrons. The van der Waals surface area contributed by atoms with Gasteiger partial charge in [-0.2, -0.15) is 0 Å². The lowest BCUT2D eigenvalue weighted by atomic mass is 10.1. The van der Waals surface area contributed by atoms with E-state index >= 15 is 0 Å². The molecule has 112 valence electrons. The van der Waals surface area contributed by atoms with E-state index in [2.05, 4.69) is 5.32 Å². The number of hydrogen-bond donors (Lipinski definition) is 2. The molecule has 0 aliphatic heterocycles. The predicted molar refractivity (Wildman–Crippen MR) is 90.6 cm³/mol. The number of carbonyl (C=O) groups is 1. The second-order valence-electron chi connectivity index (χ2n) is 4.89. The minimum atomic E-state index is -0.748. The van der Waals surface area contributed by atoms with Gasteiger partial charge in [0.1, 0.15) is 0 Å². The average molecular weight is 332 g/mol. The first kappa shape index (κ1) is 15.0. The summed E-state index contributed by atoms with van der Waals surface area (Å²) in [6.45, 7) is 0.144. The van der Waals surface area contributed by atoms with Gasteiger partial charge in [0.15, 0.2) is 0 Å². The zero-order valence-electron chi connectivity index (χ0n) is 11.6. The zero-order chi connectivity index (χ0) is 15.5. The van der Waals surface area contributed by atoms with E-state index in [4.69, 9.17) is 11.6 Å². The molecule has 0 bridgehead atoms. The number of fused-ring (bicyclic) bond motifs is 1. The van der Waals surface area contributed by atoms with Crippen LogP contribution in [-0.2, 0) is 0 Å². The van der Waals surface area contributed by atoms with E-state index in [0.717, 1.165) is 15.6 Å². The standard InChI is InChI=1S/C17H14ClNO2S/c18-14-7-3-1-6-12(14)17(21)19-9-15(20)13-10-22-16-8-4-2-5-11(13)16/h1-8,10,15,20H,9H2,(H,19,21)/t15-/m0/s1. The lowest BCUT2D eigenvalue weighted by molar-refractivity contribution is 0.0917. The fourth-order valence-electron chi connectivity index (χ4n) is 2.30. The molecule has 1 heterocycles. The van der Waals surface area contributed by atoms with E-state index in [1.807, 2.05) is 29.6 Å². The molecular weight excluding hydrogens is 318 g/mol. The molecule has 0 unspecified atom stereocenters. The van der Waals surface area contributed by atoms with Crippen LogP contribution in [0.4, 0.5) is 0 Å². The number of thiophene rings is 1. The maximum Gasteiger partial charge on any atom is 0.252 e. The molecule has 5 heteroatoms. The van der Waals surface area contributed by atoms with E-state index in [0.29, 0.717) is 10.6 Å². The van der Waals surface area contributed by atoms with Gasteiger partial charge in [-0.1, -0.05) is 41.9 Å². The van der Waals surface area contributed by atoms with Gasteiger partial charge in [-0.3, -0.25) is 4.79 Å². The summed E-state index contributed by atoms with van der Waals surface area (Å²) in [6, 6.07) is 14.7. The van der Waals surface area contributed by atoms with Gasteiger partial charge >= 0.3 is 0 Å². The Morgan fingerprint density at radius 3 is 2.73 bits per heavy atom. The topological polar surface area (TPSA) is 49.3 Å². The van der Waals surface area contributed by atoms with Crippen LogP contribution < -0.4 is 5.32 Å².